The van der Waals surface area contributed by atoms with Crippen LogP contribution in [0.1, 0.15) is 79.6 Å². The van der Waals surface area contributed by atoms with Crippen LogP contribution in [0.4, 0.5) is 0 Å². The molecule has 15 heavy (non-hydrogen) atoms. The van der Waals surface area contributed by atoms with Gasteiger partial charge in [0.25, 0.3) is 0 Å². The maximum atomic E-state index is 6.49. The topological polar surface area (TPSA) is 0 Å². The molecule has 0 nitrogen and oxygen atoms in total. The summed E-state index contributed by atoms with van der Waals surface area (Å²) in [5, 5.41) is 0.0270. The second-order valence-electron chi connectivity index (χ2n) is 5.56. The lowest BCUT2D eigenvalue weighted by Crippen LogP contribution is -2.31. The first kappa shape index (κ1) is 15.1. The van der Waals surface area contributed by atoms with Gasteiger partial charge in [0.15, 0.2) is 0 Å². The Labute approximate surface area is 98.6 Å². The molecular weight excluding hydrogens is 179 g/mol. The lowest BCUT2D eigenvalue weighted by molar-refractivity contribution is 0.195. The Morgan fingerprint density at radius 3 is 1.80 bits per heavy atom. The van der Waals surface area contributed by atoms with Gasteiger partial charge in [0.05, 0.1) is 7.85 Å². The zero-order chi connectivity index (χ0) is 11.9. The highest BCUT2D eigenvalue weighted by atomic mass is 14.4. The molecule has 0 spiro atoms. The van der Waals surface area contributed by atoms with Crippen molar-refractivity contribution in [2.45, 2.75) is 84.9 Å². The van der Waals surface area contributed by atoms with Gasteiger partial charge < -0.3 is 0 Å². The molecule has 0 rings (SSSR count). The molecule has 0 aromatic rings. The van der Waals surface area contributed by atoms with Crippen LogP contribution in [-0.4, -0.2) is 7.85 Å². The zero-order valence-electron chi connectivity index (χ0n) is 11.5. The van der Waals surface area contributed by atoms with Gasteiger partial charge in [-0.05, 0) is 11.8 Å². The molecule has 0 fully saturated rings. The monoisotopic (exact) mass is 208 g/mol. The maximum Gasteiger partial charge on any atom is 0.0753 e. The van der Waals surface area contributed by atoms with Crippen molar-refractivity contribution in [3.63, 3.8) is 0 Å². The van der Waals surface area contributed by atoms with Crippen LogP contribution < -0.4 is 0 Å². The fraction of sp³-hybridized carbons (Fsp3) is 1.00. The van der Waals surface area contributed by atoms with Crippen LogP contribution in [-0.2, 0) is 0 Å². The van der Waals surface area contributed by atoms with Crippen molar-refractivity contribution >= 4 is 7.85 Å². The standard InChI is InChI=1S/C14H29B/c1-6-9-10-11-12-13(4,5)14(15,7-2)8-3/h6-12H2,1-5H3. The third-order valence-corrected chi connectivity index (χ3v) is 4.26. The molecule has 0 aliphatic heterocycles. The minimum absolute atomic E-state index is 0.0270. The Bertz CT molecular complexity index is 157. The fourth-order valence-electron chi connectivity index (χ4n) is 2.45. The Morgan fingerprint density at radius 1 is 0.867 bits per heavy atom. The highest BCUT2D eigenvalue weighted by Gasteiger charge is 2.36. The van der Waals surface area contributed by atoms with E-state index in [4.69, 9.17) is 7.85 Å². The lowest BCUT2D eigenvalue weighted by Gasteiger charge is -2.44. The molecular formula is C14H29B. The van der Waals surface area contributed by atoms with Crippen molar-refractivity contribution in [2.24, 2.45) is 5.41 Å². The van der Waals surface area contributed by atoms with E-state index in [0.717, 1.165) is 12.8 Å². The second-order valence-corrected chi connectivity index (χ2v) is 5.56. The molecule has 88 valence electrons. The van der Waals surface area contributed by atoms with Crippen LogP contribution in [0, 0.1) is 5.41 Å². The third-order valence-electron chi connectivity index (χ3n) is 4.26. The molecule has 0 aromatic heterocycles. The summed E-state index contributed by atoms with van der Waals surface area (Å²) in [6, 6.07) is 0. The molecule has 0 saturated heterocycles. The van der Waals surface area contributed by atoms with E-state index < -0.39 is 0 Å². The first-order valence-electron chi connectivity index (χ1n) is 6.72. The molecule has 2 radical (unpaired) electrons. The van der Waals surface area contributed by atoms with E-state index in [1.54, 1.807) is 0 Å². The van der Waals surface area contributed by atoms with Gasteiger partial charge in [-0.3, -0.25) is 0 Å². The molecule has 0 aromatic carbocycles. The quantitative estimate of drug-likeness (QED) is 0.383. The molecule has 0 aliphatic rings. The first-order chi connectivity index (χ1) is 6.93. The van der Waals surface area contributed by atoms with Crippen molar-refractivity contribution in [1.82, 2.24) is 0 Å². The zero-order valence-corrected chi connectivity index (χ0v) is 11.5. The summed E-state index contributed by atoms with van der Waals surface area (Å²) in [5.74, 6) is 0. The Kier molecular flexibility index (Phi) is 6.63. The minimum atomic E-state index is 0.0270. The van der Waals surface area contributed by atoms with E-state index in [-0.39, 0.29) is 10.7 Å². The smallest absolute Gasteiger partial charge is 0.0655 e. The van der Waals surface area contributed by atoms with Gasteiger partial charge in [-0.2, -0.15) is 0 Å². The normalized spacial score (nSPS) is 13.1. The van der Waals surface area contributed by atoms with Gasteiger partial charge >= 0.3 is 0 Å². The number of unbranched alkanes of at least 4 members (excludes halogenated alkanes) is 3. The summed E-state index contributed by atoms with van der Waals surface area (Å²) in [5.41, 5.74) is 0.282. The Hall–Kier alpha value is 0.0649. The van der Waals surface area contributed by atoms with Crippen molar-refractivity contribution in [3.05, 3.63) is 0 Å². The van der Waals surface area contributed by atoms with Gasteiger partial charge in [-0.25, -0.2) is 0 Å². The predicted octanol–water partition coefficient (Wildman–Crippen LogP) is 5.13. The fourth-order valence-corrected chi connectivity index (χ4v) is 2.45. The molecule has 1 heteroatoms. The van der Waals surface area contributed by atoms with Gasteiger partial charge in [0, 0.05) is 0 Å². The lowest BCUT2D eigenvalue weighted by atomic mass is 9.50. The summed E-state index contributed by atoms with van der Waals surface area (Å²) in [4.78, 5) is 0. The highest BCUT2D eigenvalue weighted by Crippen LogP contribution is 2.51. The van der Waals surface area contributed by atoms with E-state index in [2.05, 4.69) is 34.6 Å². The van der Waals surface area contributed by atoms with Gasteiger partial charge in [0.2, 0.25) is 0 Å². The molecule has 0 atom stereocenters. The highest BCUT2D eigenvalue weighted by molar-refractivity contribution is 6.15. The summed E-state index contributed by atoms with van der Waals surface area (Å²) in [7, 11) is 6.49. The van der Waals surface area contributed by atoms with Gasteiger partial charge in [-0.15, -0.1) is 0 Å². The van der Waals surface area contributed by atoms with Crippen molar-refractivity contribution < 1.29 is 0 Å². The van der Waals surface area contributed by atoms with Crippen molar-refractivity contribution in [3.8, 4) is 0 Å². The first-order valence-corrected chi connectivity index (χ1v) is 6.72. The molecule has 0 heterocycles. The molecule has 0 aliphatic carbocycles. The van der Waals surface area contributed by atoms with E-state index in [1.165, 1.54) is 32.1 Å². The molecule has 0 amide bonds. The largest absolute Gasteiger partial charge is 0.0753 e. The van der Waals surface area contributed by atoms with E-state index in [0.29, 0.717) is 0 Å². The second kappa shape index (κ2) is 6.61. The van der Waals surface area contributed by atoms with Crippen LogP contribution >= 0.6 is 0 Å². The van der Waals surface area contributed by atoms with Crippen LogP contribution in [0.25, 0.3) is 0 Å². The minimum Gasteiger partial charge on any atom is -0.0655 e. The van der Waals surface area contributed by atoms with Crippen molar-refractivity contribution in [2.75, 3.05) is 0 Å². The van der Waals surface area contributed by atoms with Crippen molar-refractivity contribution in [1.29, 1.82) is 0 Å². The summed E-state index contributed by atoms with van der Waals surface area (Å²) in [6.45, 7) is 11.4. The number of rotatable bonds is 8. The Balaban J connectivity index is 4.14. The predicted molar refractivity (Wildman–Crippen MR) is 71.6 cm³/mol. The molecule has 0 unspecified atom stereocenters. The molecule has 0 bridgehead atoms. The van der Waals surface area contributed by atoms with E-state index in [9.17, 15) is 0 Å². The average molecular weight is 208 g/mol. The SMILES string of the molecule is [B]C(CC)(CC)C(C)(C)CCCCCC. The molecule has 0 N–H and O–H groups in total. The van der Waals surface area contributed by atoms with Crippen LogP contribution in [0.15, 0.2) is 0 Å². The summed E-state index contributed by atoms with van der Waals surface area (Å²) < 4.78 is 0. The van der Waals surface area contributed by atoms with Gasteiger partial charge in [-0.1, -0.05) is 78.5 Å². The van der Waals surface area contributed by atoms with E-state index >= 15 is 0 Å². The third kappa shape index (κ3) is 4.21. The Morgan fingerprint density at radius 2 is 1.40 bits per heavy atom. The van der Waals surface area contributed by atoms with Gasteiger partial charge in [0.1, 0.15) is 0 Å². The summed E-state index contributed by atoms with van der Waals surface area (Å²) in [6.07, 6.45) is 8.82. The number of hydrogen-bond donors (Lipinski definition) is 0. The maximum absolute atomic E-state index is 6.49. The average Bonchev–Trinajstić information content (AvgIpc) is 2.23. The number of hydrogen-bond acceptors (Lipinski definition) is 0. The summed E-state index contributed by atoms with van der Waals surface area (Å²) >= 11 is 0. The molecule has 0 saturated carbocycles. The van der Waals surface area contributed by atoms with E-state index in [1.807, 2.05) is 0 Å². The van der Waals surface area contributed by atoms with Crippen LogP contribution in [0.2, 0.25) is 5.31 Å². The van der Waals surface area contributed by atoms with Crippen LogP contribution in [0.5, 0.6) is 0 Å². The van der Waals surface area contributed by atoms with Crippen LogP contribution in [0.3, 0.4) is 0 Å².